The van der Waals surface area contributed by atoms with Gasteiger partial charge in [0.05, 0.1) is 24.4 Å². The van der Waals surface area contributed by atoms with E-state index in [1.807, 2.05) is 6.92 Å². The molecule has 4 atom stereocenters. The summed E-state index contributed by atoms with van der Waals surface area (Å²) in [5.74, 6) is 0. The van der Waals surface area contributed by atoms with Crippen molar-refractivity contribution in [1.82, 2.24) is 5.32 Å². The Kier molecular flexibility index (Phi) is 5.14. The van der Waals surface area contributed by atoms with E-state index in [2.05, 4.69) is 5.32 Å². The van der Waals surface area contributed by atoms with Crippen LogP contribution in [0, 0.1) is 0 Å². The molecule has 0 heterocycles. The predicted octanol–water partition coefficient (Wildman–Crippen LogP) is -0.488. The highest BCUT2D eigenvalue weighted by atomic mass is 16.5. The second-order valence-electron chi connectivity index (χ2n) is 4.57. The van der Waals surface area contributed by atoms with Crippen LogP contribution < -0.4 is 5.32 Å². The molecule has 0 radical (unpaired) electrons. The molecule has 0 spiro atoms. The monoisotopic (exact) mass is 233 g/mol. The molecule has 0 aromatic carbocycles. The summed E-state index contributed by atoms with van der Waals surface area (Å²) in [5, 5.41) is 21.7. The summed E-state index contributed by atoms with van der Waals surface area (Å²) in [5.41, 5.74) is -1.07. The zero-order valence-corrected chi connectivity index (χ0v) is 10.3. The quantitative estimate of drug-likeness (QED) is 0.553. The minimum atomic E-state index is -1.07. The van der Waals surface area contributed by atoms with Gasteiger partial charge in [-0.25, -0.2) is 0 Å². The van der Waals surface area contributed by atoms with Crippen molar-refractivity contribution in [2.24, 2.45) is 0 Å². The molecule has 16 heavy (non-hydrogen) atoms. The first kappa shape index (κ1) is 13.9. The average molecular weight is 233 g/mol. The van der Waals surface area contributed by atoms with Gasteiger partial charge in [-0.3, -0.25) is 0 Å². The lowest BCUT2D eigenvalue weighted by Gasteiger charge is -2.44. The number of hydrogen-bond donors (Lipinski definition) is 3. The number of rotatable bonds is 7. The molecule has 0 aromatic heterocycles. The third kappa shape index (κ3) is 3.40. The molecule has 96 valence electrons. The van der Waals surface area contributed by atoms with Gasteiger partial charge in [0, 0.05) is 26.3 Å². The number of ether oxygens (including phenoxy) is 2. The van der Waals surface area contributed by atoms with Crippen LogP contribution in [0.2, 0.25) is 0 Å². The third-order valence-electron chi connectivity index (χ3n) is 2.99. The summed E-state index contributed by atoms with van der Waals surface area (Å²) in [4.78, 5) is 0. The van der Waals surface area contributed by atoms with Gasteiger partial charge in [0.2, 0.25) is 0 Å². The van der Waals surface area contributed by atoms with Gasteiger partial charge in [-0.1, -0.05) is 0 Å². The maximum Gasteiger partial charge on any atom is 0.0986 e. The van der Waals surface area contributed by atoms with E-state index in [1.165, 1.54) is 0 Å². The van der Waals surface area contributed by atoms with Crippen molar-refractivity contribution in [3.8, 4) is 0 Å². The summed E-state index contributed by atoms with van der Waals surface area (Å²) >= 11 is 0. The van der Waals surface area contributed by atoms with E-state index in [9.17, 15) is 5.11 Å². The standard InChI is InChI=1S/C11H23NO4/c1-4-16-9-5-8(10(9)15-3)12-6-11(2,14)7-13/h8-10,12-14H,4-7H2,1-3H3. The Bertz CT molecular complexity index is 210. The Morgan fingerprint density at radius 1 is 1.50 bits per heavy atom. The molecule has 0 saturated heterocycles. The molecule has 0 aliphatic heterocycles. The van der Waals surface area contributed by atoms with Crippen molar-refractivity contribution >= 4 is 0 Å². The van der Waals surface area contributed by atoms with E-state index in [0.717, 1.165) is 6.42 Å². The maximum absolute atomic E-state index is 9.64. The molecule has 1 fully saturated rings. The van der Waals surface area contributed by atoms with Crippen LogP contribution in [0.3, 0.4) is 0 Å². The van der Waals surface area contributed by atoms with Crippen molar-refractivity contribution in [3.05, 3.63) is 0 Å². The molecule has 5 nitrogen and oxygen atoms in total. The first-order chi connectivity index (χ1) is 7.54. The minimum Gasteiger partial charge on any atom is -0.393 e. The smallest absolute Gasteiger partial charge is 0.0986 e. The normalized spacial score (nSPS) is 33.2. The molecule has 1 aliphatic carbocycles. The minimum absolute atomic E-state index is 0.0365. The van der Waals surface area contributed by atoms with E-state index in [-0.39, 0.29) is 24.9 Å². The van der Waals surface area contributed by atoms with Crippen LogP contribution in [0.4, 0.5) is 0 Å². The van der Waals surface area contributed by atoms with Crippen molar-refractivity contribution < 1.29 is 19.7 Å². The van der Waals surface area contributed by atoms with Crippen LogP contribution in [0.25, 0.3) is 0 Å². The number of methoxy groups -OCH3 is 1. The average Bonchev–Trinajstić information content (AvgIpc) is 2.23. The Morgan fingerprint density at radius 3 is 2.69 bits per heavy atom. The molecule has 4 unspecified atom stereocenters. The van der Waals surface area contributed by atoms with Crippen molar-refractivity contribution in [2.75, 3.05) is 26.9 Å². The molecule has 0 amide bonds. The summed E-state index contributed by atoms with van der Waals surface area (Å²) in [6.07, 6.45) is 1.06. The van der Waals surface area contributed by atoms with Gasteiger partial charge in [0.1, 0.15) is 0 Å². The first-order valence-electron chi connectivity index (χ1n) is 5.75. The van der Waals surface area contributed by atoms with Crippen LogP contribution in [-0.4, -0.2) is 60.9 Å². The fraction of sp³-hybridized carbons (Fsp3) is 1.00. The highest BCUT2D eigenvalue weighted by Gasteiger charge is 2.42. The third-order valence-corrected chi connectivity index (χ3v) is 2.99. The van der Waals surface area contributed by atoms with E-state index < -0.39 is 5.60 Å². The first-order valence-corrected chi connectivity index (χ1v) is 5.75. The van der Waals surface area contributed by atoms with Gasteiger partial charge < -0.3 is 25.0 Å². The molecule has 1 saturated carbocycles. The highest BCUT2D eigenvalue weighted by Crippen LogP contribution is 2.27. The molecule has 3 N–H and O–H groups in total. The van der Waals surface area contributed by atoms with Crippen LogP contribution in [0.1, 0.15) is 20.3 Å². The van der Waals surface area contributed by atoms with Crippen LogP contribution in [-0.2, 0) is 9.47 Å². The maximum atomic E-state index is 9.64. The number of aliphatic hydroxyl groups excluding tert-OH is 1. The molecular weight excluding hydrogens is 210 g/mol. The molecule has 1 aliphatic rings. The van der Waals surface area contributed by atoms with Crippen molar-refractivity contribution in [2.45, 2.75) is 44.1 Å². The van der Waals surface area contributed by atoms with Gasteiger partial charge in [0.15, 0.2) is 0 Å². The lowest BCUT2D eigenvalue weighted by molar-refractivity contribution is -0.134. The number of nitrogens with one attached hydrogen (secondary N) is 1. The Morgan fingerprint density at radius 2 is 2.19 bits per heavy atom. The Balaban J connectivity index is 2.29. The molecule has 0 bridgehead atoms. The largest absolute Gasteiger partial charge is 0.393 e. The fourth-order valence-electron chi connectivity index (χ4n) is 1.88. The molecular formula is C11H23NO4. The molecule has 0 aromatic rings. The number of hydrogen-bond acceptors (Lipinski definition) is 5. The summed E-state index contributed by atoms with van der Waals surface area (Å²) in [6, 6.07) is 0.194. The lowest BCUT2D eigenvalue weighted by atomic mass is 9.84. The zero-order chi connectivity index (χ0) is 12.2. The summed E-state index contributed by atoms with van der Waals surface area (Å²) in [7, 11) is 1.66. The summed E-state index contributed by atoms with van der Waals surface area (Å²) < 4.78 is 10.8. The Labute approximate surface area is 96.7 Å². The fourth-order valence-corrected chi connectivity index (χ4v) is 1.88. The SMILES string of the molecule is CCOC1CC(NCC(C)(O)CO)C1OC. The van der Waals surface area contributed by atoms with Gasteiger partial charge in [0.25, 0.3) is 0 Å². The Hall–Kier alpha value is -0.200. The second-order valence-corrected chi connectivity index (χ2v) is 4.57. The van der Waals surface area contributed by atoms with Crippen LogP contribution in [0.5, 0.6) is 0 Å². The number of aliphatic hydroxyl groups is 2. The van der Waals surface area contributed by atoms with Crippen molar-refractivity contribution in [1.29, 1.82) is 0 Å². The lowest BCUT2D eigenvalue weighted by Crippen LogP contribution is -2.62. The second kappa shape index (κ2) is 5.93. The van der Waals surface area contributed by atoms with Gasteiger partial charge >= 0.3 is 0 Å². The van der Waals surface area contributed by atoms with Crippen molar-refractivity contribution in [3.63, 3.8) is 0 Å². The van der Waals surface area contributed by atoms with E-state index in [1.54, 1.807) is 14.0 Å². The predicted molar refractivity (Wildman–Crippen MR) is 60.3 cm³/mol. The van der Waals surface area contributed by atoms with E-state index >= 15 is 0 Å². The van der Waals surface area contributed by atoms with Crippen LogP contribution in [0.15, 0.2) is 0 Å². The molecule has 1 rings (SSSR count). The zero-order valence-electron chi connectivity index (χ0n) is 10.3. The molecule has 5 heteroatoms. The van der Waals surface area contributed by atoms with Crippen LogP contribution >= 0.6 is 0 Å². The highest BCUT2D eigenvalue weighted by molar-refractivity contribution is 4.98. The van der Waals surface area contributed by atoms with Gasteiger partial charge in [-0.15, -0.1) is 0 Å². The van der Waals surface area contributed by atoms with E-state index in [4.69, 9.17) is 14.6 Å². The van der Waals surface area contributed by atoms with Gasteiger partial charge in [-0.05, 0) is 20.3 Å². The van der Waals surface area contributed by atoms with E-state index in [0.29, 0.717) is 13.2 Å². The van der Waals surface area contributed by atoms with Gasteiger partial charge in [-0.2, -0.15) is 0 Å². The topological polar surface area (TPSA) is 71.0 Å². The summed E-state index contributed by atoms with van der Waals surface area (Å²) in [6.45, 7) is 4.35.